The number of hydrogen-bond acceptors (Lipinski definition) is 6. The molecule has 2 saturated heterocycles. The molecule has 0 aromatic heterocycles. The standard InChI is InChI=1S/C20H31N3O4S/c1-16-6-3-4-12-21(16)13-9-17-10-14-22(15-11-17)18-7-5-8-19(28(2,26)27)20(18)23(24)25/h5,7-8,16-17H,3-4,6,9-15H2,1-2H3. The Morgan fingerprint density at radius 3 is 2.46 bits per heavy atom. The second-order valence-electron chi connectivity index (χ2n) is 8.25. The maximum Gasteiger partial charge on any atom is 0.311 e. The van der Waals surface area contributed by atoms with Crippen LogP contribution in [0.2, 0.25) is 0 Å². The van der Waals surface area contributed by atoms with Gasteiger partial charge in [-0.05, 0) is 70.2 Å². The van der Waals surface area contributed by atoms with E-state index >= 15 is 0 Å². The van der Waals surface area contributed by atoms with Crippen LogP contribution in [0.25, 0.3) is 0 Å². The van der Waals surface area contributed by atoms with E-state index in [0.29, 0.717) is 17.6 Å². The third-order valence-corrected chi connectivity index (χ3v) is 7.41. The molecule has 0 N–H and O–H groups in total. The summed E-state index contributed by atoms with van der Waals surface area (Å²) in [5.41, 5.74) is 0.140. The van der Waals surface area contributed by atoms with E-state index in [-0.39, 0.29) is 10.6 Å². The fourth-order valence-electron chi connectivity index (χ4n) is 4.55. The lowest BCUT2D eigenvalue weighted by atomic mass is 9.92. The van der Waals surface area contributed by atoms with Crippen molar-refractivity contribution in [3.8, 4) is 0 Å². The van der Waals surface area contributed by atoms with E-state index in [4.69, 9.17) is 0 Å². The number of nitro benzene ring substituents is 1. The van der Waals surface area contributed by atoms with Crippen molar-refractivity contribution in [3.05, 3.63) is 28.3 Å². The molecule has 0 amide bonds. The van der Waals surface area contributed by atoms with Crippen molar-refractivity contribution in [1.82, 2.24) is 4.90 Å². The van der Waals surface area contributed by atoms with Crippen LogP contribution in [0.1, 0.15) is 45.4 Å². The highest BCUT2D eigenvalue weighted by Gasteiger charge is 2.31. The largest absolute Gasteiger partial charge is 0.366 e. The molecule has 0 spiro atoms. The first-order valence-corrected chi connectivity index (χ1v) is 12.1. The van der Waals surface area contributed by atoms with Gasteiger partial charge in [0.15, 0.2) is 9.84 Å². The van der Waals surface area contributed by atoms with Crippen LogP contribution in [-0.2, 0) is 9.84 Å². The van der Waals surface area contributed by atoms with Gasteiger partial charge in [-0.25, -0.2) is 8.42 Å². The number of hydrogen-bond donors (Lipinski definition) is 0. The van der Waals surface area contributed by atoms with E-state index in [1.807, 2.05) is 4.90 Å². The molecule has 3 rings (SSSR count). The van der Waals surface area contributed by atoms with Crippen molar-refractivity contribution >= 4 is 21.2 Å². The molecule has 2 heterocycles. The van der Waals surface area contributed by atoms with Crippen LogP contribution < -0.4 is 4.90 Å². The molecule has 7 nitrogen and oxygen atoms in total. The van der Waals surface area contributed by atoms with E-state index in [1.54, 1.807) is 12.1 Å². The molecule has 1 aromatic carbocycles. The zero-order valence-corrected chi connectivity index (χ0v) is 17.7. The maximum absolute atomic E-state index is 12.0. The normalized spacial score (nSPS) is 22.4. The minimum Gasteiger partial charge on any atom is -0.366 e. The number of nitro groups is 1. The number of piperidine rings is 2. The fraction of sp³-hybridized carbons (Fsp3) is 0.700. The highest BCUT2D eigenvalue weighted by Crippen LogP contribution is 2.37. The molecule has 0 radical (unpaired) electrons. The number of nitrogens with zero attached hydrogens (tertiary/aromatic N) is 3. The molecule has 0 aliphatic carbocycles. The summed E-state index contributed by atoms with van der Waals surface area (Å²) in [6.07, 6.45) is 8.09. The topological polar surface area (TPSA) is 83.8 Å². The Bertz CT molecular complexity index is 804. The summed E-state index contributed by atoms with van der Waals surface area (Å²) in [6, 6.07) is 5.27. The van der Waals surface area contributed by atoms with E-state index in [0.717, 1.165) is 38.7 Å². The molecule has 1 aromatic rings. The lowest BCUT2D eigenvalue weighted by Crippen LogP contribution is -2.40. The molecule has 8 heteroatoms. The van der Waals surface area contributed by atoms with E-state index < -0.39 is 14.8 Å². The third kappa shape index (κ3) is 4.84. The summed E-state index contributed by atoms with van der Waals surface area (Å²) in [6.45, 7) is 6.11. The zero-order chi connectivity index (χ0) is 20.3. The van der Waals surface area contributed by atoms with Crippen LogP contribution in [0.4, 0.5) is 11.4 Å². The average molecular weight is 410 g/mol. The molecular formula is C20H31N3O4S. The summed E-state index contributed by atoms with van der Waals surface area (Å²) in [5.74, 6) is 0.627. The molecule has 2 aliphatic rings. The average Bonchev–Trinajstić information content (AvgIpc) is 2.66. The second-order valence-corrected chi connectivity index (χ2v) is 10.2. The summed E-state index contributed by atoms with van der Waals surface area (Å²) >= 11 is 0. The first-order valence-electron chi connectivity index (χ1n) is 10.2. The predicted octanol–water partition coefficient (Wildman–Crippen LogP) is 3.48. The summed E-state index contributed by atoms with van der Waals surface area (Å²) in [5, 5.41) is 11.6. The lowest BCUT2D eigenvalue weighted by Gasteiger charge is -2.37. The molecule has 2 aliphatic heterocycles. The highest BCUT2D eigenvalue weighted by molar-refractivity contribution is 7.90. The van der Waals surface area contributed by atoms with E-state index in [1.165, 1.54) is 38.3 Å². The third-order valence-electron chi connectivity index (χ3n) is 6.28. The number of likely N-dealkylation sites (tertiary alicyclic amines) is 1. The van der Waals surface area contributed by atoms with Gasteiger partial charge in [0.05, 0.1) is 4.92 Å². The van der Waals surface area contributed by atoms with Gasteiger partial charge in [0.1, 0.15) is 10.6 Å². The first-order chi connectivity index (χ1) is 13.3. The second kappa shape index (κ2) is 8.78. The van der Waals surface area contributed by atoms with Crippen molar-refractivity contribution < 1.29 is 13.3 Å². The van der Waals surface area contributed by atoms with Crippen molar-refractivity contribution in [2.75, 3.05) is 37.3 Å². The van der Waals surface area contributed by atoms with Gasteiger partial charge >= 0.3 is 5.69 Å². The molecule has 0 bridgehead atoms. The van der Waals surface area contributed by atoms with E-state index in [9.17, 15) is 18.5 Å². The fourth-order valence-corrected chi connectivity index (χ4v) is 5.41. The molecule has 1 unspecified atom stereocenters. The van der Waals surface area contributed by atoms with Crippen LogP contribution in [0.15, 0.2) is 23.1 Å². The molecule has 1 atom stereocenters. The highest BCUT2D eigenvalue weighted by atomic mass is 32.2. The molecule has 28 heavy (non-hydrogen) atoms. The van der Waals surface area contributed by atoms with Gasteiger partial charge in [0, 0.05) is 25.4 Å². The Hall–Kier alpha value is -1.67. The van der Waals surface area contributed by atoms with Gasteiger partial charge in [-0.15, -0.1) is 0 Å². The SMILES string of the molecule is CC1CCCCN1CCC1CCN(c2cccc(S(C)(=O)=O)c2[N+](=O)[O-])CC1. The minimum atomic E-state index is -3.65. The number of rotatable bonds is 6. The summed E-state index contributed by atoms with van der Waals surface area (Å²) in [7, 11) is -3.65. The summed E-state index contributed by atoms with van der Waals surface area (Å²) < 4.78 is 24.0. The van der Waals surface area contributed by atoms with Crippen LogP contribution in [0.5, 0.6) is 0 Å². The van der Waals surface area contributed by atoms with Gasteiger partial charge in [-0.3, -0.25) is 10.1 Å². The minimum absolute atomic E-state index is 0.198. The van der Waals surface area contributed by atoms with Gasteiger partial charge in [-0.1, -0.05) is 12.5 Å². The molecule has 0 saturated carbocycles. The Morgan fingerprint density at radius 2 is 1.86 bits per heavy atom. The Balaban J connectivity index is 1.64. The Kier molecular flexibility index (Phi) is 6.60. The quantitative estimate of drug-likeness (QED) is 0.528. The van der Waals surface area contributed by atoms with Crippen molar-refractivity contribution in [2.24, 2.45) is 5.92 Å². The van der Waals surface area contributed by atoms with Crippen molar-refractivity contribution in [2.45, 2.75) is 56.4 Å². The van der Waals surface area contributed by atoms with Gasteiger partial charge < -0.3 is 9.80 Å². The number of benzene rings is 1. The Labute approximate surface area is 167 Å². The monoisotopic (exact) mass is 409 g/mol. The van der Waals surface area contributed by atoms with Crippen molar-refractivity contribution in [1.29, 1.82) is 0 Å². The van der Waals surface area contributed by atoms with Gasteiger partial charge in [-0.2, -0.15) is 0 Å². The van der Waals surface area contributed by atoms with Crippen LogP contribution in [0, 0.1) is 16.0 Å². The lowest BCUT2D eigenvalue weighted by molar-refractivity contribution is -0.387. The molecular weight excluding hydrogens is 378 g/mol. The van der Waals surface area contributed by atoms with Crippen LogP contribution in [-0.4, -0.2) is 56.7 Å². The first kappa shape index (κ1) is 21.0. The van der Waals surface area contributed by atoms with Crippen molar-refractivity contribution in [3.63, 3.8) is 0 Å². The van der Waals surface area contributed by atoms with E-state index in [2.05, 4.69) is 11.8 Å². The van der Waals surface area contributed by atoms with Crippen LogP contribution >= 0.6 is 0 Å². The number of sulfone groups is 1. The molecule has 2 fully saturated rings. The van der Waals surface area contributed by atoms with Gasteiger partial charge in [0.25, 0.3) is 0 Å². The Morgan fingerprint density at radius 1 is 1.14 bits per heavy atom. The number of anilines is 1. The molecule has 156 valence electrons. The number of para-hydroxylation sites is 1. The summed E-state index contributed by atoms with van der Waals surface area (Å²) in [4.78, 5) is 15.4. The van der Waals surface area contributed by atoms with Gasteiger partial charge in [0.2, 0.25) is 0 Å². The smallest absolute Gasteiger partial charge is 0.311 e. The van der Waals surface area contributed by atoms with Crippen LogP contribution in [0.3, 0.4) is 0 Å². The zero-order valence-electron chi connectivity index (χ0n) is 16.8. The maximum atomic E-state index is 12.0. The predicted molar refractivity (Wildman–Crippen MR) is 111 cm³/mol.